The molecule has 0 bridgehead atoms. The topological polar surface area (TPSA) is 0 Å². The van der Waals surface area contributed by atoms with Gasteiger partial charge in [0.1, 0.15) is 0 Å². The standard InChI is InChI=1S/C17H18F2/c1-17(11-5-8-16(18)19)12-9-15(10-13-17)14-6-3-2-4-7-14/h2-4,6-10,12H,5,11,13H2,1H3. The Bertz CT molecular complexity index is 507. The van der Waals surface area contributed by atoms with E-state index in [2.05, 4.69) is 37.3 Å². The molecule has 1 aliphatic carbocycles. The number of hydrogen-bond acceptors (Lipinski definition) is 0. The van der Waals surface area contributed by atoms with Gasteiger partial charge in [-0.15, -0.1) is 0 Å². The Morgan fingerprint density at radius 1 is 1.26 bits per heavy atom. The molecule has 1 aromatic rings. The van der Waals surface area contributed by atoms with Crippen LogP contribution in [0.25, 0.3) is 5.57 Å². The molecule has 0 nitrogen and oxygen atoms in total. The van der Waals surface area contributed by atoms with Crippen LogP contribution in [0.1, 0.15) is 31.7 Å². The van der Waals surface area contributed by atoms with Gasteiger partial charge in [-0.1, -0.05) is 55.5 Å². The summed E-state index contributed by atoms with van der Waals surface area (Å²) in [6.45, 7) is 2.12. The molecule has 1 atom stereocenters. The van der Waals surface area contributed by atoms with Crippen molar-refractivity contribution in [3.63, 3.8) is 0 Å². The van der Waals surface area contributed by atoms with Crippen molar-refractivity contribution in [2.75, 3.05) is 0 Å². The van der Waals surface area contributed by atoms with Crippen LogP contribution in [0.3, 0.4) is 0 Å². The summed E-state index contributed by atoms with van der Waals surface area (Å²) in [5.74, 6) is 0. The van der Waals surface area contributed by atoms with Crippen LogP contribution in [-0.4, -0.2) is 0 Å². The predicted molar refractivity (Wildman–Crippen MR) is 75.8 cm³/mol. The van der Waals surface area contributed by atoms with Crippen LogP contribution in [0.4, 0.5) is 8.78 Å². The number of allylic oxidation sites excluding steroid dienone is 5. The van der Waals surface area contributed by atoms with Gasteiger partial charge in [0.15, 0.2) is 0 Å². The Labute approximate surface area is 113 Å². The highest BCUT2D eigenvalue weighted by Gasteiger charge is 2.22. The van der Waals surface area contributed by atoms with Crippen molar-refractivity contribution < 1.29 is 8.78 Å². The number of rotatable bonds is 4. The van der Waals surface area contributed by atoms with Gasteiger partial charge in [0, 0.05) is 0 Å². The first-order valence-electron chi connectivity index (χ1n) is 6.55. The SMILES string of the molecule is CC1(CCC=C(F)F)C=CC(c2ccccc2)=CC1. The van der Waals surface area contributed by atoms with E-state index in [0.717, 1.165) is 18.9 Å². The molecule has 0 radical (unpaired) electrons. The molecule has 0 spiro atoms. The molecule has 2 heteroatoms. The minimum atomic E-state index is -1.58. The highest BCUT2D eigenvalue weighted by Crippen LogP contribution is 2.36. The third kappa shape index (κ3) is 3.88. The molecule has 100 valence electrons. The van der Waals surface area contributed by atoms with Crippen LogP contribution in [0.5, 0.6) is 0 Å². The first-order chi connectivity index (χ1) is 9.09. The molecular weight excluding hydrogens is 242 g/mol. The maximum Gasteiger partial charge on any atom is 0.266 e. The van der Waals surface area contributed by atoms with Gasteiger partial charge in [-0.25, -0.2) is 0 Å². The molecule has 19 heavy (non-hydrogen) atoms. The van der Waals surface area contributed by atoms with E-state index in [1.807, 2.05) is 18.2 Å². The zero-order valence-corrected chi connectivity index (χ0v) is 11.1. The average Bonchev–Trinajstić information content (AvgIpc) is 2.40. The van der Waals surface area contributed by atoms with Crippen molar-refractivity contribution in [1.29, 1.82) is 0 Å². The van der Waals surface area contributed by atoms with Crippen LogP contribution in [-0.2, 0) is 0 Å². The van der Waals surface area contributed by atoms with Crippen LogP contribution < -0.4 is 0 Å². The Hall–Kier alpha value is -1.70. The molecule has 1 aliphatic rings. The first kappa shape index (κ1) is 13.7. The van der Waals surface area contributed by atoms with E-state index < -0.39 is 6.08 Å². The zero-order chi connectivity index (χ0) is 13.7. The highest BCUT2D eigenvalue weighted by atomic mass is 19.3. The van der Waals surface area contributed by atoms with Crippen LogP contribution >= 0.6 is 0 Å². The molecule has 0 fully saturated rings. The van der Waals surface area contributed by atoms with Gasteiger partial charge in [0.25, 0.3) is 6.08 Å². The van der Waals surface area contributed by atoms with Gasteiger partial charge < -0.3 is 0 Å². The highest BCUT2D eigenvalue weighted by molar-refractivity contribution is 5.75. The number of benzene rings is 1. The molecule has 2 rings (SSSR count). The summed E-state index contributed by atoms with van der Waals surface area (Å²) < 4.78 is 24.1. The second-order valence-electron chi connectivity index (χ2n) is 5.25. The number of hydrogen-bond donors (Lipinski definition) is 0. The van der Waals surface area contributed by atoms with Crippen LogP contribution in [0.2, 0.25) is 0 Å². The van der Waals surface area contributed by atoms with Crippen LogP contribution in [0, 0.1) is 5.41 Å². The lowest BCUT2D eigenvalue weighted by molar-refractivity contribution is 0.383. The van der Waals surface area contributed by atoms with Crippen LogP contribution in [0.15, 0.2) is 60.7 Å². The van der Waals surface area contributed by atoms with Crippen molar-refractivity contribution in [3.8, 4) is 0 Å². The molecule has 1 unspecified atom stereocenters. The average molecular weight is 260 g/mol. The van der Waals surface area contributed by atoms with Gasteiger partial charge in [-0.05, 0) is 41.9 Å². The van der Waals surface area contributed by atoms with E-state index in [0.29, 0.717) is 6.42 Å². The maximum absolute atomic E-state index is 12.0. The minimum absolute atomic E-state index is 0.00969. The second-order valence-corrected chi connectivity index (χ2v) is 5.25. The van der Waals surface area contributed by atoms with E-state index in [1.54, 1.807) is 0 Å². The Morgan fingerprint density at radius 2 is 2.00 bits per heavy atom. The normalized spacial score (nSPS) is 21.9. The Balaban J connectivity index is 2.00. The van der Waals surface area contributed by atoms with E-state index in [-0.39, 0.29) is 5.41 Å². The maximum atomic E-state index is 12.0. The molecule has 0 aromatic heterocycles. The monoisotopic (exact) mass is 260 g/mol. The largest absolute Gasteiger partial charge is 0.266 e. The molecule has 0 heterocycles. The van der Waals surface area contributed by atoms with E-state index in [4.69, 9.17) is 0 Å². The van der Waals surface area contributed by atoms with Crippen molar-refractivity contribution in [2.24, 2.45) is 5.41 Å². The summed E-state index contributed by atoms with van der Waals surface area (Å²) in [6, 6.07) is 10.2. The van der Waals surface area contributed by atoms with Gasteiger partial charge in [0.2, 0.25) is 0 Å². The third-order valence-corrected chi connectivity index (χ3v) is 3.57. The van der Waals surface area contributed by atoms with Crippen molar-refractivity contribution in [1.82, 2.24) is 0 Å². The smallest absolute Gasteiger partial charge is 0.174 e. The lowest BCUT2D eigenvalue weighted by atomic mass is 9.77. The molecule has 0 saturated heterocycles. The summed E-state index contributed by atoms with van der Waals surface area (Å²) in [7, 11) is 0. The fraction of sp³-hybridized carbons (Fsp3) is 0.294. The van der Waals surface area contributed by atoms with E-state index >= 15 is 0 Å². The summed E-state index contributed by atoms with van der Waals surface area (Å²) in [5, 5.41) is 0. The second kappa shape index (κ2) is 5.96. The molecular formula is C17H18F2. The molecule has 0 amide bonds. The molecule has 0 aliphatic heterocycles. The Morgan fingerprint density at radius 3 is 2.58 bits per heavy atom. The third-order valence-electron chi connectivity index (χ3n) is 3.57. The molecule has 1 aromatic carbocycles. The van der Waals surface area contributed by atoms with Crippen molar-refractivity contribution in [3.05, 3.63) is 66.3 Å². The summed E-state index contributed by atoms with van der Waals surface area (Å²) in [4.78, 5) is 0. The first-order valence-corrected chi connectivity index (χ1v) is 6.55. The van der Waals surface area contributed by atoms with Gasteiger partial charge in [-0.2, -0.15) is 8.78 Å². The van der Waals surface area contributed by atoms with Gasteiger partial charge in [0.05, 0.1) is 0 Å². The predicted octanol–water partition coefficient (Wildman–Crippen LogP) is 5.60. The van der Waals surface area contributed by atoms with Gasteiger partial charge in [-0.3, -0.25) is 0 Å². The summed E-state index contributed by atoms with van der Waals surface area (Å²) in [6.07, 6.45) is 7.96. The molecule has 0 saturated carbocycles. The number of halogens is 2. The van der Waals surface area contributed by atoms with E-state index in [1.165, 1.54) is 11.1 Å². The van der Waals surface area contributed by atoms with E-state index in [9.17, 15) is 8.78 Å². The summed E-state index contributed by atoms with van der Waals surface area (Å²) in [5.41, 5.74) is 2.41. The lowest BCUT2D eigenvalue weighted by Gasteiger charge is -2.27. The molecule has 0 N–H and O–H groups in total. The minimum Gasteiger partial charge on any atom is -0.174 e. The fourth-order valence-electron chi connectivity index (χ4n) is 2.31. The van der Waals surface area contributed by atoms with Crippen molar-refractivity contribution >= 4 is 5.57 Å². The fourth-order valence-corrected chi connectivity index (χ4v) is 2.31. The zero-order valence-electron chi connectivity index (χ0n) is 11.1. The lowest BCUT2D eigenvalue weighted by Crippen LogP contribution is -2.14. The Kier molecular flexibility index (Phi) is 4.31. The quantitative estimate of drug-likeness (QED) is 0.661. The van der Waals surface area contributed by atoms with Gasteiger partial charge >= 0.3 is 0 Å². The summed E-state index contributed by atoms with van der Waals surface area (Å²) >= 11 is 0. The van der Waals surface area contributed by atoms with Crippen molar-refractivity contribution in [2.45, 2.75) is 26.2 Å².